The van der Waals surface area contributed by atoms with E-state index in [4.69, 9.17) is 4.42 Å². The summed E-state index contributed by atoms with van der Waals surface area (Å²) in [6.07, 6.45) is 12.4. The molecule has 2 aliphatic rings. The number of hydrogen-bond acceptors (Lipinski definition) is 5. The van der Waals surface area contributed by atoms with E-state index in [9.17, 15) is 0 Å². The molecule has 32 heavy (non-hydrogen) atoms. The third-order valence-electron chi connectivity index (χ3n) is 6.45. The first kappa shape index (κ1) is 25.0. The molecule has 1 unspecified atom stereocenters. The van der Waals surface area contributed by atoms with Crippen molar-refractivity contribution in [2.75, 3.05) is 33.2 Å². The van der Waals surface area contributed by atoms with Gasteiger partial charge < -0.3 is 19.6 Å². The van der Waals surface area contributed by atoms with E-state index in [2.05, 4.69) is 41.4 Å². The van der Waals surface area contributed by atoms with Crippen LogP contribution in [0.3, 0.4) is 0 Å². The summed E-state index contributed by atoms with van der Waals surface area (Å²) < 4.78 is 8.09. The van der Waals surface area contributed by atoms with Crippen LogP contribution in [0.2, 0.25) is 0 Å². The molecular weight excluding hydrogens is 517 g/mol. The van der Waals surface area contributed by atoms with Gasteiger partial charge in [-0.05, 0) is 57.3 Å². The molecule has 1 saturated heterocycles. The molecule has 0 radical (unpaired) electrons. The van der Waals surface area contributed by atoms with E-state index in [0.29, 0.717) is 0 Å². The molecule has 0 bridgehead atoms. The minimum atomic E-state index is 0. The largest absolute Gasteiger partial charge is 0.468 e. The quantitative estimate of drug-likeness (QED) is 0.225. The molecule has 0 amide bonds. The number of guanidine groups is 1. The van der Waals surface area contributed by atoms with Crippen LogP contribution in [0.25, 0.3) is 0 Å². The summed E-state index contributed by atoms with van der Waals surface area (Å²) in [4.78, 5) is 6.94. The SMILES string of the molecule is CN=C(NCCCc1nnc2n1CCCCC2)NCC(c1ccco1)N1CCCCC1.I. The fourth-order valence-corrected chi connectivity index (χ4v) is 4.72. The Morgan fingerprint density at radius 3 is 2.69 bits per heavy atom. The highest BCUT2D eigenvalue weighted by Crippen LogP contribution is 2.24. The molecular formula is C23H38IN7O. The smallest absolute Gasteiger partial charge is 0.191 e. The summed E-state index contributed by atoms with van der Waals surface area (Å²) in [5, 5.41) is 15.8. The monoisotopic (exact) mass is 555 g/mol. The highest BCUT2D eigenvalue weighted by Gasteiger charge is 2.24. The zero-order valence-corrected chi connectivity index (χ0v) is 21.6. The summed E-state index contributed by atoms with van der Waals surface area (Å²) in [5.41, 5.74) is 0. The lowest BCUT2D eigenvalue weighted by atomic mass is 10.1. The second-order valence-corrected chi connectivity index (χ2v) is 8.61. The number of hydrogen-bond donors (Lipinski definition) is 2. The van der Waals surface area contributed by atoms with Crippen LogP contribution in [-0.2, 0) is 19.4 Å². The minimum Gasteiger partial charge on any atom is -0.468 e. The first-order valence-electron chi connectivity index (χ1n) is 12.0. The number of nitrogens with one attached hydrogen (secondary N) is 2. The van der Waals surface area contributed by atoms with E-state index >= 15 is 0 Å². The van der Waals surface area contributed by atoms with E-state index in [1.807, 2.05) is 13.1 Å². The van der Waals surface area contributed by atoms with Gasteiger partial charge in [0.15, 0.2) is 5.96 Å². The zero-order valence-electron chi connectivity index (χ0n) is 19.3. The third kappa shape index (κ3) is 6.69. The van der Waals surface area contributed by atoms with E-state index in [1.54, 1.807) is 6.26 Å². The van der Waals surface area contributed by atoms with Gasteiger partial charge >= 0.3 is 0 Å². The Bertz CT molecular complexity index is 814. The predicted molar refractivity (Wildman–Crippen MR) is 138 cm³/mol. The number of rotatable bonds is 8. The van der Waals surface area contributed by atoms with Gasteiger partial charge in [0.1, 0.15) is 17.4 Å². The number of likely N-dealkylation sites (tertiary alicyclic amines) is 1. The van der Waals surface area contributed by atoms with Gasteiger partial charge in [-0.25, -0.2) is 0 Å². The van der Waals surface area contributed by atoms with E-state index in [1.165, 1.54) is 44.3 Å². The summed E-state index contributed by atoms with van der Waals surface area (Å²) >= 11 is 0. The minimum absolute atomic E-state index is 0. The van der Waals surface area contributed by atoms with Gasteiger partial charge in [-0.3, -0.25) is 9.89 Å². The van der Waals surface area contributed by atoms with Crippen LogP contribution in [-0.4, -0.2) is 58.9 Å². The van der Waals surface area contributed by atoms with Crippen molar-refractivity contribution in [3.05, 3.63) is 35.8 Å². The molecule has 178 valence electrons. The Morgan fingerprint density at radius 2 is 1.91 bits per heavy atom. The molecule has 2 aliphatic heterocycles. The van der Waals surface area contributed by atoms with Crippen molar-refractivity contribution >= 4 is 29.9 Å². The number of halogens is 1. The number of aliphatic imine (C=N–C) groups is 1. The van der Waals surface area contributed by atoms with Crippen LogP contribution in [0.1, 0.15) is 68.4 Å². The Balaban J connectivity index is 0.00000289. The number of nitrogens with zero attached hydrogens (tertiary/aromatic N) is 5. The van der Waals surface area contributed by atoms with Crippen LogP contribution >= 0.6 is 24.0 Å². The van der Waals surface area contributed by atoms with E-state index < -0.39 is 0 Å². The van der Waals surface area contributed by atoms with Crippen LogP contribution < -0.4 is 10.6 Å². The second kappa shape index (κ2) is 13.2. The molecule has 1 fully saturated rings. The first-order chi connectivity index (χ1) is 15.3. The molecule has 0 aliphatic carbocycles. The van der Waals surface area contributed by atoms with Gasteiger partial charge in [0.05, 0.1) is 12.3 Å². The normalized spacial score (nSPS) is 18.3. The fraction of sp³-hybridized carbons (Fsp3) is 0.696. The number of fused-ring (bicyclic) bond motifs is 1. The summed E-state index contributed by atoms with van der Waals surface area (Å²) in [6, 6.07) is 4.30. The van der Waals surface area contributed by atoms with Crippen molar-refractivity contribution in [3.8, 4) is 0 Å². The van der Waals surface area contributed by atoms with Gasteiger partial charge in [-0.2, -0.15) is 0 Å². The molecule has 4 heterocycles. The predicted octanol–water partition coefficient (Wildman–Crippen LogP) is 3.54. The maximum absolute atomic E-state index is 5.75. The van der Waals surface area contributed by atoms with Crippen molar-refractivity contribution in [3.63, 3.8) is 0 Å². The first-order valence-corrected chi connectivity index (χ1v) is 12.0. The van der Waals surface area contributed by atoms with Gasteiger partial charge in [-0.1, -0.05) is 12.8 Å². The Labute approximate surface area is 208 Å². The third-order valence-corrected chi connectivity index (χ3v) is 6.45. The molecule has 8 nitrogen and oxygen atoms in total. The zero-order chi connectivity index (χ0) is 21.3. The Hall–Kier alpha value is -1.62. The average Bonchev–Trinajstić information content (AvgIpc) is 3.41. The number of piperidine rings is 1. The molecule has 0 spiro atoms. The molecule has 4 rings (SSSR count). The van der Waals surface area contributed by atoms with Crippen LogP contribution in [0.4, 0.5) is 0 Å². The number of aryl methyl sites for hydroxylation is 2. The maximum Gasteiger partial charge on any atom is 0.191 e. The lowest BCUT2D eigenvalue weighted by Gasteiger charge is -2.33. The number of aromatic nitrogens is 3. The van der Waals surface area contributed by atoms with Gasteiger partial charge in [0.2, 0.25) is 0 Å². The maximum atomic E-state index is 5.75. The fourth-order valence-electron chi connectivity index (χ4n) is 4.72. The van der Waals surface area contributed by atoms with Crippen LogP contribution in [0.15, 0.2) is 27.8 Å². The Morgan fingerprint density at radius 1 is 1.09 bits per heavy atom. The van der Waals surface area contributed by atoms with Gasteiger partial charge in [0.25, 0.3) is 0 Å². The molecule has 0 saturated carbocycles. The van der Waals surface area contributed by atoms with Crippen LogP contribution in [0, 0.1) is 0 Å². The average molecular weight is 556 g/mol. The van der Waals surface area contributed by atoms with Crippen molar-refractivity contribution in [2.24, 2.45) is 4.99 Å². The van der Waals surface area contributed by atoms with Crippen LogP contribution in [0.5, 0.6) is 0 Å². The summed E-state index contributed by atoms with van der Waals surface area (Å²) in [7, 11) is 1.83. The lowest BCUT2D eigenvalue weighted by molar-refractivity contribution is 0.146. The molecule has 9 heteroatoms. The molecule has 2 N–H and O–H groups in total. The molecule has 2 aromatic heterocycles. The molecule has 1 atom stereocenters. The van der Waals surface area contributed by atoms with Crippen molar-refractivity contribution in [1.82, 2.24) is 30.3 Å². The van der Waals surface area contributed by atoms with Crippen molar-refractivity contribution in [2.45, 2.75) is 70.4 Å². The highest BCUT2D eigenvalue weighted by atomic mass is 127. The summed E-state index contributed by atoms with van der Waals surface area (Å²) in [6.45, 7) is 4.96. The van der Waals surface area contributed by atoms with Gasteiger partial charge in [-0.15, -0.1) is 34.2 Å². The summed E-state index contributed by atoms with van der Waals surface area (Å²) in [5.74, 6) is 4.16. The molecule has 2 aromatic rings. The molecule has 0 aromatic carbocycles. The standard InChI is InChI=1S/C23H37N7O.HI/c1-24-23(25-13-8-12-22-28-27-21-11-4-2-7-16-30(21)22)26-18-19(20-10-9-17-31-20)29-14-5-3-6-15-29;/h9-10,17,19H,2-8,11-16,18H2,1H3,(H2,24,25,26);1H. The highest BCUT2D eigenvalue weighted by molar-refractivity contribution is 14.0. The van der Waals surface area contributed by atoms with E-state index in [0.717, 1.165) is 69.5 Å². The Kier molecular flexibility index (Phi) is 10.3. The topological polar surface area (TPSA) is 83.5 Å². The number of furan rings is 1. The second-order valence-electron chi connectivity index (χ2n) is 8.61. The van der Waals surface area contributed by atoms with E-state index in [-0.39, 0.29) is 30.0 Å². The van der Waals surface area contributed by atoms with Crippen molar-refractivity contribution < 1.29 is 4.42 Å². The van der Waals surface area contributed by atoms with Gasteiger partial charge in [0, 0.05) is 39.5 Å². The van der Waals surface area contributed by atoms with Crippen molar-refractivity contribution in [1.29, 1.82) is 0 Å². The lowest BCUT2D eigenvalue weighted by Crippen LogP contribution is -2.44.